The second kappa shape index (κ2) is 12.3. The molecule has 2 unspecified atom stereocenters. The number of carbonyl (C=O) groups is 1. The maximum absolute atomic E-state index is 13.5. The van der Waals surface area contributed by atoms with Gasteiger partial charge in [0.15, 0.2) is 0 Å². The molecule has 0 heterocycles. The van der Waals surface area contributed by atoms with Gasteiger partial charge in [0.1, 0.15) is 0 Å². The zero-order valence-corrected chi connectivity index (χ0v) is 23.8. The molecule has 5 rings (SSSR count). The fourth-order valence-corrected chi connectivity index (χ4v) is 6.09. The first-order valence-electron chi connectivity index (χ1n) is 13.5. The number of hydrogen-bond acceptors (Lipinski definition) is 4. The van der Waals surface area contributed by atoms with Gasteiger partial charge in [0.05, 0.1) is 10.9 Å². The van der Waals surface area contributed by atoms with Gasteiger partial charge in [0.2, 0.25) is 0 Å². The molecule has 0 aliphatic heterocycles. The van der Waals surface area contributed by atoms with Crippen LogP contribution >= 0.6 is 0 Å². The highest BCUT2D eigenvalue weighted by molar-refractivity contribution is 7.90. The van der Waals surface area contributed by atoms with Crippen molar-refractivity contribution in [2.75, 3.05) is 0 Å². The molecule has 0 aromatic heterocycles. The molecule has 2 atom stereocenters. The third-order valence-electron chi connectivity index (χ3n) is 7.10. The van der Waals surface area contributed by atoms with Crippen LogP contribution in [0.4, 0.5) is 0 Å². The van der Waals surface area contributed by atoms with Gasteiger partial charge >= 0.3 is 0 Å². The van der Waals surface area contributed by atoms with Crippen LogP contribution in [0, 0.1) is 6.92 Å². The van der Waals surface area contributed by atoms with Crippen molar-refractivity contribution >= 4 is 15.9 Å². The first-order valence-corrected chi connectivity index (χ1v) is 15.0. The molecule has 5 aromatic rings. The Morgan fingerprint density at radius 1 is 0.659 bits per heavy atom. The quantitative estimate of drug-likeness (QED) is 0.200. The minimum atomic E-state index is -4.15. The molecule has 41 heavy (non-hydrogen) atoms. The summed E-state index contributed by atoms with van der Waals surface area (Å²) >= 11 is 0. The lowest BCUT2D eigenvalue weighted by molar-refractivity contribution is 0.0981. The SMILES string of the molecule is Cc1ccc(-c2ccccc2S(=O)(=O)NC(=O)c2cccc(C(NC(C)c3ccccc3)c3ccccc3)c2)cc1. The summed E-state index contributed by atoms with van der Waals surface area (Å²) in [6.07, 6.45) is 0. The van der Waals surface area contributed by atoms with Crippen LogP contribution < -0.4 is 10.0 Å². The fourth-order valence-electron chi connectivity index (χ4n) is 4.89. The van der Waals surface area contributed by atoms with E-state index in [9.17, 15) is 13.2 Å². The van der Waals surface area contributed by atoms with Crippen molar-refractivity contribution in [2.45, 2.75) is 30.8 Å². The second-order valence-electron chi connectivity index (χ2n) is 10.1. The molecule has 0 aliphatic carbocycles. The third-order valence-corrected chi connectivity index (χ3v) is 8.49. The van der Waals surface area contributed by atoms with Gasteiger partial charge < -0.3 is 0 Å². The molecule has 5 aromatic carbocycles. The van der Waals surface area contributed by atoms with Crippen molar-refractivity contribution in [3.63, 3.8) is 0 Å². The van der Waals surface area contributed by atoms with Gasteiger partial charge in [-0.05, 0) is 54.3 Å². The van der Waals surface area contributed by atoms with E-state index in [4.69, 9.17) is 0 Å². The van der Waals surface area contributed by atoms with Crippen molar-refractivity contribution in [3.05, 3.63) is 161 Å². The number of amides is 1. The molecule has 0 saturated heterocycles. The van der Waals surface area contributed by atoms with E-state index in [0.717, 1.165) is 27.8 Å². The Morgan fingerprint density at radius 2 is 1.24 bits per heavy atom. The molecular weight excluding hydrogens is 528 g/mol. The van der Waals surface area contributed by atoms with Crippen LogP contribution in [0.2, 0.25) is 0 Å². The molecule has 5 nitrogen and oxygen atoms in total. The van der Waals surface area contributed by atoms with Crippen molar-refractivity contribution in [1.82, 2.24) is 10.0 Å². The second-order valence-corrected chi connectivity index (χ2v) is 11.7. The molecular formula is C35H32N2O3S. The molecule has 0 bridgehead atoms. The Hall–Kier alpha value is -4.52. The highest BCUT2D eigenvalue weighted by atomic mass is 32.2. The standard InChI is InChI=1S/C35H32N2O3S/c1-25-20-22-28(23-21-25)32-18-9-10-19-33(32)41(39,40)37-35(38)31-17-11-16-30(24-31)34(29-14-7-4-8-15-29)36-26(2)27-12-5-3-6-13-27/h3-24,26,34,36H,1-2H3,(H,37,38). The highest BCUT2D eigenvalue weighted by Crippen LogP contribution is 2.29. The van der Waals surface area contributed by atoms with E-state index in [1.165, 1.54) is 6.07 Å². The van der Waals surface area contributed by atoms with Crippen molar-refractivity contribution in [3.8, 4) is 11.1 Å². The van der Waals surface area contributed by atoms with Crippen LogP contribution in [0.1, 0.15) is 51.6 Å². The first kappa shape index (κ1) is 28.0. The van der Waals surface area contributed by atoms with Gasteiger partial charge in [-0.25, -0.2) is 13.1 Å². The van der Waals surface area contributed by atoms with Gasteiger partial charge in [-0.15, -0.1) is 0 Å². The normalized spacial score (nSPS) is 12.8. The molecule has 0 fully saturated rings. The van der Waals surface area contributed by atoms with Crippen molar-refractivity contribution in [2.24, 2.45) is 0 Å². The van der Waals surface area contributed by atoms with E-state index >= 15 is 0 Å². The summed E-state index contributed by atoms with van der Waals surface area (Å²) in [5.74, 6) is -0.687. The minimum absolute atomic E-state index is 0.0255. The Labute approximate surface area is 242 Å². The van der Waals surface area contributed by atoms with E-state index in [-0.39, 0.29) is 22.5 Å². The van der Waals surface area contributed by atoms with Crippen LogP contribution in [0.3, 0.4) is 0 Å². The summed E-state index contributed by atoms with van der Waals surface area (Å²) in [7, 11) is -4.15. The van der Waals surface area contributed by atoms with E-state index in [1.54, 1.807) is 36.4 Å². The lowest BCUT2D eigenvalue weighted by Gasteiger charge is -2.25. The number of sulfonamides is 1. The Morgan fingerprint density at radius 3 is 1.93 bits per heavy atom. The maximum atomic E-state index is 13.5. The van der Waals surface area contributed by atoms with Crippen LogP contribution in [0.15, 0.2) is 138 Å². The molecule has 6 heteroatoms. The first-order chi connectivity index (χ1) is 19.8. The van der Waals surface area contributed by atoms with E-state index in [2.05, 4.69) is 29.1 Å². The van der Waals surface area contributed by atoms with Crippen LogP contribution in [-0.4, -0.2) is 14.3 Å². The maximum Gasteiger partial charge on any atom is 0.265 e. The van der Waals surface area contributed by atoms with Gasteiger partial charge in [-0.1, -0.05) is 121 Å². The summed E-state index contributed by atoms with van der Waals surface area (Å²) in [6.45, 7) is 4.07. The van der Waals surface area contributed by atoms with Gasteiger partial charge in [0, 0.05) is 17.2 Å². The Balaban J connectivity index is 1.43. The Bertz CT molecular complexity index is 1740. The van der Waals surface area contributed by atoms with Crippen LogP contribution in [0.5, 0.6) is 0 Å². The number of rotatable bonds is 9. The van der Waals surface area contributed by atoms with Crippen LogP contribution in [0.25, 0.3) is 11.1 Å². The molecule has 2 N–H and O–H groups in total. The number of hydrogen-bond donors (Lipinski definition) is 2. The molecule has 0 spiro atoms. The van der Waals surface area contributed by atoms with Gasteiger partial charge in [0.25, 0.3) is 15.9 Å². The third kappa shape index (κ3) is 6.62. The predicted octanol–water partition coefficient (Wildman–Crippen LogP) is 7.22. The summed E-state index contributed by atoms with van der Waals surface area (Å²) in [5, 5.41) is 3.69. The topological polar surface area (TPSA) is 75.3 Å². The zero-order chi connectivity index (χ0) is 28.8. The molecule has 0 radical (unpaired) electrons. The lowest BCUT2D eigenvalue weighted by Crippen LogP contribution is -2.31. The monoisotopic (exact) mass is 560 g/mol. The van der Waals surface area contributed by atoms with Crippen molar-refractivity contribution < 1.29 is 13.2 Å². The van der Waals surface area contributed by atoms with Gasteiger partial charge in [-0.3, -0.25) is 10.1 Å². The zero-order valence-electron chi connectivity index (χ0n) is 23.0. The highest BCUT2D eigenvalue weighted by Gasteiger charge is 2.24. The summed E-state index contributed by atoms with van der Waals surface area (Å²) < 4.78 is 29.2. The molecule has 206 valence electrons. The molecule has 1 amide bonds. The van der Waals surface area contributed by atoms with E-state index in [1.807, 2.05) is 85.8 Å². The average Bonchev–Trinajstić information content (AvgIpc) is 3.01. The lowest BCUT2D eigenvalue weighted by atomic mass is 9.95. The average molecular weight is 561 g/mol. The number of benzene rings is 5. The number of carbonyl (C=O) groups excluding carboxylic acids is 1. The van der Waals surface area contributed by atoms with Crippen molar-refractivity contribution in [1.29, 1.82) is 0 Å². The summed E-state index contributed by atoms with van der Waals surface area (Å²) in [6, 6.07) is 41.4. The van der Waals surface area contributed by atoms with E-state index in [0.29, 0.717) is 5.56 Å². The van der Waals surface area contributed by atoms with E-state index < -0.39 is 15.9 Å². The molecule has 0 aliphatic rings. The Kier molecular flexibility index (Phi) is 8.43. The number of nitrogens with one attached hydrogen (secondary N) is 2. The van der Waals surface area contributed by atoms with Gasteiger partial charge in [-0.2, -0.15) is 0 Å². The predicted molar refractivity (Wildman–Crippen MR) is 164 cm³/mol. The summed E-state index contributed by atoms with van der Waals surface area (Å²) in [4.78, 5) is 13.4. The largest absolute Gasteiger partial charge is 0.300 e. The minimum Gasteiger partial charge on any atom is -0.300 e. The molecule has 0 saturated carbocycles. The summed E-state index contributed by atoms with van der Waals surface area (Å²) in [5.41, 5.74) is 5.65. The fraction of sp³-hybridized carbons (Fsp3) is 0.114. The number of aryl methyl sites for hydroxylation is 1. The smallest absolute Gasteiger partial charge is 0.265 e. The van der Waals surface area contributed by atoms with Crippen LogP contribution in [-0.2, 0) is 10.0 Å².